The number of hydrogen-bond donors (Lipinski definition) is 1. The molecule has 1 aliphatic rings. The van der Waals surface area contributed by atoms with Crippen LogP contribution < -0.4 is 0 Å². The van der Waals surface area contributed by atoms with Crippen LogP contribution in [0, 0.1) is 0 Å². The molecule has 0 saturated carbocycles. The first-order valence-corrected chi connectivity index (χ1v) is 10.2. The van der Waals surface area contributed by atoms with Gasteiger partial charge in [0.05, 0.1) is 5.76 Å². The first-order chi connectivity index (χ1) is 5.54. The van der Waals surface area contributed by atoms with Crippen molar-refractivity contribution in [3.05, 3.63) is 11.3 Å². The molecule has 0 bridgehead atoms. The Bertz CT molecular complexity index is 142. The first-order valence-electron chi connectivity index (χ1n) is 3.75. The molecule has 0 heterocycles. The number of halogens is 3. The Kier molecular flexibility index (Phi) is 8.23. The van der Waals surface area contributed by atoms with E-state index in [1.54, 1.807) is 0 Å². The van der Waals surface area contributed by atoms with Crippen molar-refractivity contribution in [3.63, 3.8) is 0 Å². The zero-order valence-electron chi connectivity index (χ0n) is 6.91. The van der Waals surface area contributed by atoms with Crippen molar-refractivity contribution in [2.45, 2.75) is 32.6 Å². The number of allylic oxidation sites excluding steroid dienone is 2. The molecular weight excluding hydrogens is 254 g/mol. The topological polar surface area (TPSA) is 20.2 Å². The summed E-state index contributed by atoms with van der Waals surface area (Å²) in [4.78, 5) is 0. The molecule has 1 aliphatic carbocycles. The fourth-order valence-corrected chi connectivity index (χ4v) is 1.04. The van der Waals surface area contributed by atoms with Crippen molar-refractivity contribution < 1.29 is 19.8 Å². The fourth-order valence-electron chi connectivity index (χ4n) is 1.04. The second-order valence-corrected chi connectivity index (χ2v) is 10.4. The maximum atomic E-state index is 9.06. The Balaban J connectivity index is 0.000000261. The molecule has 0 atom stereocenters. The number of rotatable bonds is 0. The molecule has 1 N–H and O–H groups in total. The summed E-state index contributed by atoms with van der Waals surface area (Å²) in [6.07, 6.45) is 4.44. The molecule has 0 fully saturated rings. The van der Waals surface area contributed by atoms with Gasteiger partial charge in [-0.2, -0.15) is 0 Å². The van der Waals surface area contributed by atoms with Gasteiger partial charge in [0.1, 0.15) is 0 Å². The van der Waals surface area contributed by atoms with Crippen molar-refractivity contribution in [2.24, 2.45) is 0 Å². The monoisotopic (exact) mass is 265 g/mol. The van der Waals surface area contributed by atoms with E-state index in [2.05, 4.69) is 0 Å². The van der Waals surface area contributed by atoms with Crippen LogP contribution in [0.4, 0.5) is 0 Å². The summed E-state index contributed by atoms with van der Waals surface area (Å²) >= 11 is -1.92. The van der Waals surface area contributed by atoms with Gasteiger partial charge in [0, 0.05) is 6.42 Å². The molecule has 0 spiro atoms. The van der Waals surface area contributed by atoms with E-state index in [4.69, 9.17) is 33.0 Å². The van der Waals surface area contributed by atoms with E-state index in [1.165, 1.54) is 18.4 Å². The molecule has 12 heavy (non-hydrogen) atoms. The molecule has 0 saturated heterocycles. The Morgan fingerprint density at radius 3 is 1.83 bits per heavy atom. The van der Waals surface area contributed by atoms with Crippen LogP contribution >= 0.6 is 27.9 Å². The molecule has 0 radical (unpaired) electrons. The molecule has 1 rings (SSSR count). The molecule has 71 valence electrons. The van der Waals surface area contributed by atoms with Crippen LogP contribution in [0.1, 0.15) is 32.6 Å². The van der Waals surface area contributed by atoms with Gasteiger partial charge < -0.3 is 5.11 Å². The number of aliphatic hydroxyl groups excluding tert-OH is 1. The molecule has 0 aromatic carbocycles. The van der Waals surface area contributed by atoms with Gasteiger partial charge in [0.15, 0.2) is 0 Å². The molecule has 0 amide bonds. The third-order valence-corrected chi connectivity index (χ3v) is 1.71. The zero-order valence-corrected chi connectivity index (χ0v) is 10.7. The quantitative estimate of drug-likeness (QED) is 0.642. The van der Waals surface area contributed by atoms with E-state index in [0.717, 1.165) is 12.8 Å². The minimum absolute atomic E-state index is 0.635. The SMILES string of the molecule is CC1=C(O)CCCC1.[Cl][Ti]([Cl])[Cl]. The number of aliphatic hydroxyl groups is 1. The predicted octanol–water partition coefficient (Wildman–Crippen LogP) is 4.46. The summed E-state index contributed by atoms with van der Waals surface area (Å²) < 4.78 is 0. The molecule has 0 aromatic heterocycles. The third-order valence-electron chi connectivity index (χ3n) is 1.71. The van der Waals surface area contributed by atoms with Crippen molar-refractivity contribution in [1.82, 2.24) is 0 Å². The van der Waals surface area contributed by atoms with Crippen molar-refractivity contribution >= 4 is 27.9 Å². The second kappa shape index (κ2) is 7.52. The van der Waals surface area contributed by atoms with Crippen LogP contribution in [-0.4, -0.2) is 5.11 Å². The molecular formula is C7H12Cl3OTi. The van der Waals surface area contributed by atoms with E-state index >= 15 is 0 Å². The van der Waals surface area contributed by atoms with Crippen molar-refractivity contribution in [3.8, 4) is 0 Å². The second-order valence-electron chi connectivity index (χ2n) is 2.65. The van der Waals surface area contributed by atoms with Crippen LogP contribution in [0.3, 0.4) is 0 Å². The van der Waals surface area contributed by atoms with Crippen molar-refractivity contribution in [1.29, 1.82) is 0 Å². The van der Waals surface area contributed by atoms with Gasteiger partial charge in [0.2, 0.25) is 0 Å². The Morgan fingerprint density at radius 1 is 1.17 bits per heavy atom. The molecule has 1 nitrogen and oxygen atoms in total. The standard InChI is InChI=1S/C7H12O.3ClH.Ti/c1-6-4-2-3-5-7(6)8;;;;/h8H,2-5H2,1H3;3*1H;/q;;;;+3/p-3. The van der Waals surface area contributed by atoms with E-state index in [0.29, 0.717) is 5.76 Å². The van der Waals surface area contributed by atoms with Crippen molar-refractivity contribution in [2.75, 3.05) is 0 Å². The van der Waals surface area contributed by atoms with Gasteiger partial charge in [-0.1, -0.05) is 0 Å². The van der Waals surface area contributed by atoms with Gasteiger partial charge in [-0.05, 0) is 31.8 Å². The van der Waals surface area contributed by atoms with E-state index in [-0.39, 0.29) is 0 Å². The van der Waals surface area contributed by atoms with Gasteiger partial charge in [-0.15, -0.1) is 0 Å². The Hall–Kier alpha value is 1.12. The van der Waals surface area contributed by atoms with Gasteiger partial charge >= 0.3 is 42.6 Å². The van der Waals surface area contributed by atoms with E-state index < -0.39 is 14.7 Å². The average molecular weight is 266 g/mol. The Morgan fingerprint density at radius 2 is 1.58 bits per heavy atom. The summed E-state index contributed by atoms with van der Waals surface area (Å²) in [6.45, 7) is 2.01. The van der Waals surface area contributed by atoms with E-state index in [1.807, 2.05) is 6.92 Å². The van der Waals surface area contributed by atoms with Crippen LogP contribution in [0.15, 0.2) is 11.3 Å². The summed E-state index contributed by atoms with van der Waals surface area (Å²) in [6, 6.07) is 0. The van der Waals surface area contributed by atoms with Gasteiger partial charge in [-0.3, -0.25) is 0 Å². The van der Waals surface area contributed by atoms with Crippen LogP contribution in [-0.2, 0) is 14.7 Å². The fraction of sp³-hybridized carbons (Fsp3) is 0.714. The molecule has 5 heteroatoms. The molecule has 0 aliphatic heterocycles. The van der Waals surface area contributed by atoms with Crippen LogP contribution in [0.2, 0.25) is 0 Å². The normalized spacial score (nSPS) is 16.7. The number of hydrogen-bond acceptors (Lipinski definition) is 1. The van der Waals surface area contributed by atoms with E-state index in [9.17, 15) is 0 Å². The van der Waals surface area contributed by atoms with Crippen LogP contribution in [0.5, 0.6) is 0 Å². The average Bonchev–Trinajstić information content (AvgIpc) is 1.94. The zero-order chi connectivity index (χ0) is 9.56. The van der Waals surface area contributed by atoms with Gasteiger partial charge in [-0.25, -0.2) is 0 Å². The molecule has 0 unspecified atom stereocenters. The summed E-state index contributed by atoms with van der Waals surface area (Å²) in [5.41, 5.74) is 1.19. The first kappa shape index (κ1) is 13.1. The Labute approximate surface area is 91.2 Å². The molecule has 0 aromatic rings. The summed E-state index contributed by atoms with van der Waals surface area (Å²) in [7, 11) is 14.9. The van der Waals surface area contributed by atoms with Crippen LogP contribution in [0.25, 0.3) is 0 Å². The summed E-state index contributed by atoms with van der Waals surface area (Å²) in [5, 5.41) is 9.06. The van der Waals surface area contributed by atoms with Gasteiger partial charge in [0.25, 0.3) is 0 Å². The predicted molar refractivity (Wildman–Crippen MR) is 51.4 cm³/mol. The third kappa shape index (κ3) is 7.76. The summed E-state index contributed by atoms with van der Waals surface area (Å²) in [5.74, 6) is 0.635. The maximum absolute atomic E-state index is 9.06. The minimum atomic E-state index is -1.92.